The van der Waals surface area contributed by atoms with Crippen molar-refractivity contribution in [1.29, 1.82) is 0 Å². The molecule has 0 aromatic heterocycles. The van der Waals surface area contributed by atoms with Gasteiger partial charge in [0.1, 0.15) is 12.4 Å². The van der Waals surface area contributed by atoms with E-state index in [1.165, 1.54) is 31.2 Å². The zero-order valence-corrected chi connectivity index (χ0v) is 15.4. The first-order valence-electron chi connectivity index (χ1n) is 7.86. The van der Waals surface area contributed by atoms with Gasteiger partial charge in [-0.1, -0.05) is 18.2 Å². The van der Waals surface area contributed by atoms with Crippen molar-refractivity contribution in [2.75, 3.05) is 17.5 Å². The quantitative estimate of drug-likeness (QED) is 0.405. The summed E-state index contributed by atoms with van der Waals surface area (Å²) >= 11 is 0. The maximum absolute atomic E-state index is 14.2. The third-order valence-corrected chi connectivity index (χ3v) is 5.42. The highest BCUT2D eigenvalue weighted by atomic mass is 32.2. The first-order valence-corrected chi connectivity index (χ1v) is 9.30. The first kappa shape index (κ1) is 20.3. The number of anilines is 1. The van der Waals surface area contributed by atoms with Gasteiger partial charge in [-0.05, 0) is 32.0 Å². The van der Waals surface area contributed by atoms with Crippen molar-refractivity contribution in [3.63, 3.8) is 0 Å². The van der Waals surface area contributed by atoms with E-state index >= 15 is 0 Å². The van der Waals surface area contributed by atoms with Crippen molar-refractivity contribution in [2.24, 2.45) is 0 Å². The molecule has 0 saturated heterocycles. The van der Waals surface area contributed by atoms with Gasteiger partial charge >= 0.3 is 5.97 Å². The molecule has 144 valence electrons. The summed E-state index contributed by atoms with van der Waals surface area (Å²) in [6.07, 6.45) is 0. The van der Waals surface area contributed by atoms with Crippen LogP contribution in [-0.4, -0.2) is 32.5 Å². The summed E-state index contributed by atoms with van der Waals surface area (Å²) in [7, 11) is -4.47. The molecule has 0 radical (unpaired) electrons. The number of benzene rings is 2. The number of nitro benzene ring substituents is 1. The highest BCUT2D eigenvalue weighted by molar-refractivity contribution is 7.92. The van der Waals surface area contributed by atoms with Crippen LogP contribution in [0.1, 0.15) is 12.5 Å². The van der Waals surface area contributed by atoms with Crippen LogP contribution in [0, 0.1) is 22.9 Å². The lowest BCUT2D eigenvalue weighted by atomic mass is 10.2. The number of para-hydroxylation sites is 1. The minimum atomic E-state index is -4.47. The molecular weight excluding hydrogens is 379 g/mol. The predicted octanol–water partition coefficient (Wildman–Crippen LogP) is 2.80. The van der Waals surface area contributed by atoms with Crippen molar-refractivity contribution in [2.45, 2.75) is 18.7 Å². The normalized spacial score (nSPS) is 11.1. The molecule has 0 N–H and O–H groups in total. The predicted molar refractivity (Wildman–Crippen MR) is 95.4 cm³/mol. The van der Waals surface area contributed by atoms with Crippen LogP contribution in [0.2, 0.25) is 0 Å². The monoisotopic (exact) mass is 396 g/mol. The molecule has 0 amide bonds. The Bertz CT molecular complexity index is 977. The number of rotatable bonds is 7. The van der Waals surface area contributed by atoms with Crippen molar-refractivity contribution < 1.29 is 27.3 Å². The Balaban J connectivity index is 2.60. The van der Waals surface area contributed by atoms with Crippen LogP contribution in [-0.2, 0) is 19.6 Å². The molecule has 0 atom stereocenters. The minimum Gasteiger partial charge on any atom is -0.465 e. The fourth-order valence-electron chi connectivity index (χ4n) is 2.35. The van der Waals surface area contributed by atoms with Gasteiger partial charge in [0.25, 0.3) is 15.7 Å². The molecule has 2 aromatic rings. The van der Waals surface area contributed by atoms with Crippen LogP contribution in [0.15, 0.2) is 47.4 Å². The van der Waals surface area contributed by atoms with Crippen LogP contribution in [0.3, 0.4) is 0 Å². The van der Waals surface area contributed by atoms with Gasteiger partial charge in [-0.2, -0.15) is 0 Å². The third-order valence-electron chi connectivity index (χ3n) is 3.66. The number of sulfonamides is 1. The molecule has 27 heavy (non-hydrogen) atoms. The average molecular weight is 396 g/mol. The molecule has 0 bridgehead atoms. The summed E-state index contributed by atoms with van der Waals surface area (Å²) in [5.74, 6) is -1.75. The number of ether oxygens (including phenoxy) is 1. The molecule has 0 unspecified atom stereocenters. The minimum absolute atomic E-state index is 0.0139. The number of hydrogen-bond acceptors (Lipinski definition) is 6. The van der Waals surface area contributed by atoms with E-state index in [0.29, 0.717) is 4.31 Å². The van der Waals surface area contributed by atoms with Gasteiger partial charge in [0.05, 0.1) is 22.1 Å². The van der Waals surface area contributed by atoms with E-state index in [2.05, 4.69) is 0 Å². The van der Waals surface area contributed by atoms with Gasteiger partial charge in [0.15, 0.2) is 0 Å². The Labute approximate surface area is 155 Å². The summed E-state index contributed by atoms with van der Waals surface area (Å²) in [6, 6.07) is 8.32. The second-order valence-corrected chi connectivity index (χ2v) is 7.34. The Morgan fingerprint density at radius 3 is 2.52 bits per heavy atom. The zero-order chi connectivity index (χ0) is 20.2. The van der Waals surface area contributed by atoms with Gasteiger partial charge in [0.2, 0.25) is 0 Å². The molecule has 0 aliphatic rings. The third kappa shape index (κ3) is 4.40. The summed E-state index contributed by atoms with van der Waals surface area (Å²) in [5.41, 5.74) is -0.503. The Kier molecular flexibility index (Phi) is 6.11. The van der Waals surface area contributed by atoms with Crippen molar-refractivity contribution in [1.82, 2.24) is 0 Å². The van der Waals surface area contributed by atoms with Crippen molar-refractivity contribution in [3.8, 4) is 0 Å². The number of nitro groups is 1. The number of nitrogens with zero attached hydrogens (tertiary/aromatic N) is 2. The molecule has 2 aromatic carbocycles. The van der Waals surface area contributed by atoms with E-state index < -0.39 is 43.9 Å². The second kappa shape index (κ2) is 8.12. The molecule has 10 heteroatoms. The van der Waals surface area contributed by atoms with Crippen LogP contribution < -0.4 is 4.31 Å². The molecule has 8 nitrogen and oxygen atoms in total. The van der Waals surface area contributed by atoms with E-state index in [0.717, 1.165) is 18.2 Å². The fourth-order valence-corrected chi connectivity index (χ4v) is 3.79. The molecule has 0 aliphatic carbocycles. The Hall–Kier alpha value is -3.01. The molecule has 0 saturated carbocycles. The van der Waals surface area contributed by atoms with Gasteiger partial charge in [0, 0.05) is 11.6 Å². The van der Waals surface area contributed by atoms with E-state index in [1.807, 2.05) is 0 Å². The van der Waals surface area contributed by atoms with Crippen molar-refractivity contribution >= 4 is 27.4 Å². The largest absolute Gasteiger partial charge is 0.465 e. The number of hydrogen-bond donors (Lipinski definition) is 0. The van der Waals surface area contributed by atoms with Crippen molar-refractivity contribution in [3.05, 3.63) is 64.0 Å². The lowest BCUT2D eigenvalue weighted by Crippen LogP contribution is -2.37. The van der Waals surface area contributed by atoms with E-state index in [4.69, 9.17) is 4.74 Å². The summed E-state index contributed by atoms with van der Waals surface area (Å²) in [6.45, 7) is 2.24. The second-order valence-electron chi connectivity index (χ2n) is 5.47. The van der Waals surface area contributed by atoms with Crippen LogP contribution in [0.25, 0.3) is 0 Å². The molecule has 0 fully saturated rings. The molecule has 0 spiro atoms. The highest BCUT2D eigenvalue weighted by Crippen LogP contribution is 2.29. The molecular formula is C17H17FN2O6S. The van der Waals surface area contributed by atoms with Gasteiger partial charge in [-0.3, -0.25) is 19.2 Å². The zero-order valence-electron chi connectivity index (χ0n) is 14.6. The topological polar surface area (TPSA) is 107 Å². The number of carbonyl (C=O) groups is 1. The van der Waals surface area contributed by atoms with E-state index in [-0.39, 0.29) is 17.9 Å². The standard InChI is InChI=1S/C17H17FN2O6S/c1-3-26-17(21)11-19(15-7-5-4-6-14(15)18)27(24,25)13-9-8-12(2)16(10-13)20(22)23/h4-10H,3,11H2,1-2H3. The molecule has 0 heterocycles. The van der Waals surface area contributed by atoms with Crippen LogP contribution in [0.5, 0.6) is 0 Å². The lowest BCUT2D eigenvalue weighted by Gasteiger charge is -2.24. The SMILES string of the molecule is CCOC(=O)CN(c1ccccc1F)S(=O)(=O)c1ccc(C)c([N+](=O)[O-])c1. The van der Waals surface area contributed by atoms with Gasteiger partial charge in [-0.15, -0.1) is 0 Å². The van der Waals surface area contributed by atoms with Crippen LogP contribution >= 0.6 is 0 Å². The Morgan fingerprint density at radius 1 is 1.26 bits per heavy atom. The number of aryl methyl sites for hydroxylation is 1. The number of esters is 1. The average Bonchev–Trinajstić information content (AvgIpc) is 2.60. The van der Waals surface area contributed by atoms with Gasteiger partial charge in [-0.25, -0.2) is 12.8 Å². The van der Waals surface area contributed by atoms with Gasteiger partial charge < -0.3 is 4.74 Å². The first-order chi connectivity index (χ1) is 12.7. The number of carbonyl (C=O) groups excluding carboxylic acids is 1. The molecule has 0 aliphatic heterocycles. The smallest absolute Gasteiger partial charge is 0.326 e. The summed E-state index contributed by atoms with van der Waals surface area (Å²) in [4.78, 5) is 21.9. The number of halogens is 1. The highest BCUT2D eigenvalue weighted by Gasteiger charge is 2.31. The maximum atomic E-state index is 14.2. The fraction of sp³-hybridized carbons (Fsp3) is 0.235. The summed E-state index contributed by atoms with van der Waals surface area (Å²) < 4.78 is 45.6. The summed E-state index contributed by atoms with van der Waals surface area (Å²) in [5, 5.41) is 11.1. The van der Waals surface area contributed by atoms with Crippen LogP contribution in [0.4, 0.5) is 15.8 Å². The van der Waals surface area contributed by atoms with E-state index in [1.54, 1.807) is 6.92 Å². The molecule has 2 rings (SSSR count). The van der Waals surface area contributed by atoms with E-state index in [9.17, 15) is 27.7 Å². The lowest BCUT2D eigenvalue weighted by molar-refractivity contribution is -0.385. The Morgan fingerprint density at radius 2 is 1.93 bits per heavy atom. The maximum Gasteiger partial charge on any atom is 0.326 e.